The number of nitrogens with zero attached hydrogens (tertiary/aromatic N) is 2. The number of carbonyl (C=O) groups is 1. The van der Waals surface area contributed by atoms with Crippen molar-refractivity contribution in [3.63, 3.8) is 0 Å². The summed E-state index contributed by atoms with van der Waals surface area (Å²) in [5, 5.41) is 0. The Kier molecular flexibility index (Phi) is 4.23. The van der Waals surface area contributed by atoms with Gasteiger partial charge in [-0.3, -0.25) is 4.79 Å². The molecule has 3 rings (SSSR count). The van der Waals surface area contributed by atoms with Crippen molar-refractivity contribution < 1.29 is 4.79 Å². The van der Waals surface area contributed by atoms with Crippen molar-refractivity contribution in [3.8, 4) is 0 Å². The molecule has 3 heteroatoms. The van der Waals surface area contributed by atoms with Gasteiger partial charge in [-0.05, 0) is 38.0 Å². The Morgan fingerprint density at radius 2 is 2.05 bits per heavy atom. The molecule has 0 bridgehead atoms. The number of hydrogen-bond acceptors (Lipinski definition) is 2. The van der Waals surface area contributed by atoms with Crippen molar-refractivity contribution in [2.75, 3.05) is 0 Å². The van der Waals surface area contributed by atoms with E-state index in [1.807, 2.05) is 12.4 Å². The van der Waals surface area contributed by atoms with Crippen LogP contribution in [-0.2, 0) is 17.8 Å². The molecule has 0 amide bonds. The van der Waals surface area contributed by atoms with E-state index in [0.29, 0.717) is 18.1 Å². The van der Waals surface area contributed by atoms with E-state index in [4.69, 9.17) is 0 Å². The summed E-state index contributed by atoms with van der Waals surface area (Å²) in [5.74, 6) is 3.43. The molecule has 110 valence electrons. The third-order valence-corrected chi connectivity index (χ3v) is 5.47. The number of aromatic nitrogens is 2. The molecule has 2 saturated carbocycles. The standard InChI is InChI=1S/C17H26N2O/c1-2-19-10-9-18-17(19)12-16(20)15-8-7-13-5-3-4-6-14(13)11-15/h9-10,13-15H,2-8,11-12H2,1H3. The largest absolute Gasteiger partial charge is 0.335 e. The summed E-state index contributed by atoms with van der Waals surface area (Å²) in [6, 6.07) is 0. The molecule has 3 atom stereocenters. The van der Waals surface area contributed by atoms with Crippen LogP contribution in [0.15, 0.2) is 12.4 Å². The van der Waals surface area contributed by atoms with E-state index in [1.54, 1.807) is 0 Å². The molecule has 3 nitrogen and oxygen atoms in total. The molecule has 20 heavy (non-hydrogen) atoms. The molecule has 0 radical (unpaired) electrons. The maximum absolute atomic E-state index is 12.6. The summed E-state index contributed by atoms with van der Waals surface area (Å²) in [7, 11) is 0. The van der Waals surface area contributed by atoms with Gasteiger partial charge in [0.15, 0.2) is 0 Å². The molecule has 0 saturated heterocycles. The van der Waals surface area contributed by atoms with Gasteiger partial charge in [0.25, 0.3) is 0 Å². The zero-order valence-electron chi connectivity index (χ0n) is 12.6. The summed E-state index contributed by atoms with van der Waals surface area (Å²) in [6.07, 6.45) is 13.4. The van der Waals surface area contributed by atoms with Gasteiger partial charge in [-0.15, -0.1) is 0 Å². The molecule has 1 aromatic rings. The van der Waals surface area contributed by atoms with Gasteiger partial charge in [-0.2, -0.15) is 0 Å². The van der Waals surface area contributed by atoms with Crippen molar-refractivity contribution in [1.82, 2.24) is 9.55 Å². The van der Waals surface area contributed by atoms with Crippen molar-refractivity contribution in [2.45, 2.75) is 64.8 Å². The predicted molar refractivity (Wildman–Crippen MR) is 79.4 cm³/mol. The first-order valence-corrected chi connectivity index (χ1v) is 8.30. The second-order valence-corrected chi connectivity index (χ2v) is 6.59. The van der Waals surface area contributed by atoms with Crippen molar-refractivity contribution in [2.24, 2.45) is 17.8 Å². The minimum atomic E-state index is 0.302. The van der Waals surface area contributed by atoms with Crippen LogP contribution in [0, 0.1) is 17.8 Å². The molecule has 0 aliphatic heterocycles. The second-order valence-electron chi connectivity index (χ2n) is 6.59. The first-order valence-electron chi connectivity index (χ1n) is 8.30. The van der Waals surface area contributed by atoms with Gasteiger partial charge in [0.2, 0.25) is 0 Å². The van der Waals surface area contributed by atoms with Gasteiger partial charge in [0.05, 0.1) is 6.42 Å². The van der Waals surface area contributed by atoms with Gasteiger partial charge in [-0.25, -0.2) is 4.98 Å². The first kappa shape index (κ1) is 13.8. The number of rotatable bonds is 4. The van der Waals surface area contributed by atoms with Crippen molar-refractivity contribution in [3.05, 3.63) is 18.2 Å². The average Bonchev–Trinajstić information content (AvgIpc) is 2.94. The summed E-state index contributed by atoms with van der Waals surface area (Å²) < 4.78 is 2.09. The summed E-state index contributed by atoms with van der Waals surface area (Å²) in [6.45, 7) is 3.00. The van der Waals surface area contributed by atoms with Crippen molar-refractivity contribution in [1.29, 1.82) is 0 Å². The Labute approximate surface area is 121 Å². The Morgan fingerprint density at radius 3 is 2.85 bits per heavy atom. The van der Waals surface area contributed by atoms with Crippen LogP contribution in [0.4, 0.5) is 0 Å². The van der Waals surface area contributed by atoms with Crippen LogP contribution in [0.2, 0.25) is 0 Å². The Morgan fingerprint density at radius 1 is 1.25 bits per heavy atom. The molecule has 0 aromatic carbocycles. The van der Waals surface area contributed by atoms with E-state index in [-0.39, 0.29) is 0 Å². The Balaban J connectivity index is 1.60. The Hall–Kier alpha value is -1.12. The lowest BCUT2D eigenvalue weighted by Gasteiger charge is -2.38. The minimum absolute atomic E-state index is 0.302. The average molecular weight is 274 g/mol. The Bertz CT molecular complexity index is 465. The number of hydrogen-bond donors (Lipinski definition) is 0. The molecule has 0 N–H and O–H groups in total. The van der Waals surface area contributed by atoms with Gasteiger partial charge < -0.3 is 4.57 Å². The van der Waals surface area contributed by atoms with Crippen LogP contribution >= 0.6 is 0 Å². The number of fused-ring (bicyclic) bond motifs is 1. The third-order valence-electron chi connectivity index (χ3n) is 5.47. The lowest BCUT2D eigenvalue weighted by atomic mass is 9.66. The predicted octanol–water partition coefficient (Wildman–Crippen LogP) is 3.62. The quantitative estimate of drug-likeness (QED) is 0.840. The molecule has 1 aromatic heterocycles. The molecule has 2 aliphatic carbocycles. The molecule has 0 spiro atoms. The SMILES string of the molecule is CCn1ccnc1CC(=O)C1CCC2CCCCC2C1. The summed E-state index contributed by atoms with van der Waals surface area (Å²) in [4.78, 5) is 16.9. The summed E-state index contributed by atoms with van der Waals surface area (Å²) in [5.41, 5.74) is 0. The van der Waals surface area contributed by atoms with Crippen molar-refractivity contribution >= 4 is 5.78 Å². The normalized spacial score (nSPS) is 29.9. The fraction of sp³-hybridized carbons (Fsp3) is 0.765. The minimum Gasteiger partial charge on any atom is -0.335 e. The molecular formula is C17H26N2O. The number of carbonyl (C=O) groups excluding carboxylic acids is 1. The van der Waals surface area contributed by atoms with Crippen LogP contribution in [0.1, 0.15) is 57.7 Å². The number of imidazole rings is 1. The van der Waals surface area contributed by atoms with E-state index in [2.05, 4.69) is 16.5 Å². The molecule has 2 fully saturated rings. The fourth-order valence-electron chi connectivity index (χ4n) is 4.26. The third kappa shape index (κ3) is 2.82. The maximum atomic E-state index is 12.6. The lowest BCUT2D eigenvalue weighted by Crippen LogP contribution is -2.32. The van der Waals surface area contributed by atoms with Gasteiger partial charge >= 0.3 is 0 Å². The van der Waals surface area contributed by atoms with E-state index in [9.17, 15) is 4.79 Å². The van der Waals surface area contributed by atoms with Crippen LogP contribution < -0.4 is 0 Å². The molecule has 3 unspecified atom stereocenters. The van der Waals surface area contributed by atoms with Crippen LogP contribution in [0.3, 0.4) is 0 Å². The van der Waals surface area contributed by atoms with Gasteiger partial charge in [-0.1, -0.05) is 25.7 Å². The zero-order valence-corrected chi connectivity index (χ0v) is 12.6. The van der Waals surface area contributed by atoms with Crippen LogP contribution in [-0.4, -0.2) is 15.3 Å². The number of Topliss-reactive ketones (excluding diaryl/α,β-unsaturated/α-hetero) is 1. The maximum Gasteiger partial charge on any atom is 0.143 e. The number of ketones is 1. The van der Waals surface area contributed by atoms with E-state index >= 15 is 0 Å². The molecule has 2 aliphatic rings. The fourth-order valence-corrected chi connectivity index (χ4v) is 4.26. The lowest BCUT2D eigenvalue weighted by molar-refractivity contribution is -0.124. The zero-order chi connectivity index (χ0) is 13.9. The molecule has 1 heterocycles. The topological polar surface area (TPSA) is 34.9 Å². The highest BCUT2D eigenvalue weighted by molar-refractivity contribution is 5.82. The van der Waals surface area contributed by atoms with E-state index < -0.39 is 0 Å². The van der Waals surface area contributed by atoms with E-state index in [0.717, 1.165) is 37.0 Å². The summed E-state index contributed by atoms with van der Waals surface area (Å²) >= 11 is 0. The highest BCUT2D eigenvalue weighted by atomic mass is 16.1. The highest BCUT2D eigenvalue weighted by Gasteiger charge is 2.34. The molecular weight excluding hydrogens is 248 g/mol. The van der Waals surface area contributed by atoms with Crippen LogP contribution in [0.5, 0.6) is 0 Å². The van der Waals surface area contributed by atoms with Gasteiger partial charge in [0.1, 0.15) is 11.6 Å². The van der Waals surface area contributed by atoms with E-state index in [1.165, 1.54) is 32.1 Å². The highest BCUT2D eigenvalue weighted by Crippen LogP contribution is 2.43. The monoisotopic (exact) mass is 274 g/mol. The van der Waals surface area contributed by atoms with Gasteiger partial charge in [0, 0.05) is 24.9 Å². The number of aryl methyl sites for hydroxylation is 1. The van der Waals surface area contributed by atoms with Crippen LogP contribution in [0.25, 0.3) is 0 Å². The second kappa shape index (κ2) is 6.11. The smallest absolute Gasteiger partial charge is 0.143 e. The first-order chi connectivity index (χ1) is 9.78.